The average molecular weight is 250 g/mol. The normalized spacial score (nSPS) is 9.88. The molecule has 0 bridgehead atoms. The summed E-state index contributed by atoms with van der Waals surface area (Å²) in [5.41, 5.74) is 0. The van der Waals surface area contributed by atoms with Crippen LogP contribution in [0.3, 0.4) is 0 Å². The van der Waals surface area contributed by atoms with Gasteiger partial charge in [-0.25, -0.2) is 0 Å². The maximum atomic E-state index is 8.26. The van der Waals surface area contributed by atoms with E-state index in [0.717, 1.165) is 19.8 Å². The van der Waals surface area contributed by atoms with Crippen LogP contribution in [0.1, 0.15) is 40.0 Å². The number of aliphatic hydroxyl groups is 1. The molecule has 0 heterocycles. The predicted molar refractivity (Wildman–Crippen MR) is 70.4 cm³/mol. The molecule has 106 valence electrons. The maximum absolute atomic E-state index is 8.26. The Morgan fingerprint density at radius 2 is 1.29 bits per heavy atom. The lowest BCUT2D eigenvalue weighted by atomic mass is 10.3. The first kappa shape index (κ1) is 19.2. The van der Waals surface area contributed by atoms with Crippen LogP contribution in [-0.4, -0.2) is 51.4 Å². The molecule has 1 N–H and O–H groups in total. The Bertz CT molecular complexity index is 97.6. The lowest BCUT2D eigenvalue weighted by Crippen LogP contribution is -2.06. The van der Waals surface area contributed by atoms with Gasteiger partial charge in [0, 0.05) is 19.8 Å². The van der Waals surface area contributed by atoms with Crippen LogP contribution in [0.25, 0.3) is 0 Å². The highest BCUT2D eigenvalue weighted by molar-refractivity contribution is 4.34. The third-order valence-electron chi connectivity index (χ3n) is 1.91. The minimum Gasteiger partial charge on any atom is -0.394 e. The highest BCUT2D eigenvalue weighted by Gasteiger charge is 1.84. The van der Waals surface area contributed by atoms with Gasteiger partial charge in [0.05, 0.1) is 26.4 Å². The van der Waals surface area contributed by atoms with E-state index in [2.05, 4.69) is 6.92 Å². The number of rotatable bonds is 11. The van der Waals surface area contributed by atoms with E-state index in [9.17, 15) is 0 Å². The second-order valence-corrected chi connectivity index (χ2v) is 3.44. The third-order valence-corrected chi connectivity index (χ3v) is 1.91. The minimum atomic E-state index is 0.0894. The van der Waals surface area contributed by atoms with Crippen molar-refractivity contribution in [1.29, 1.82) is 0 Å². The Hall–Kier alpha value is -0.160. The number of ether oxygens (including phenoxy) is 3. The van der Waals surface area contributed by atoms with Crippen LogP contribution in [0.5, 0.6) is 0 Å². The molecule has 0 aromatic rings. The monoisotopic (exact) mass is 250 g/mol. The van der Waals surface area contributed by atoms with Gasteiger partial charge >= 0.3 is 0 Å². The second-order valence-electron chi connectivity index (χ2n) is 3.44. The Balaban J connectivity index is 0. The Kier molecular flexibility index (Phi) is 23.9. The van der Waals surface area contributed by atoms with E-state index < -0.39 is 0 Å². The molecule has 17 heavy (non-hydrogen) atoms. The molecular weight excluding hydrogens is 220 g/mol. The summed E-state index contributed by atoms with van der Waals surface area (Å²) in [5, 5.41) is 8.26. The van der Waals surface area contributed by atoms with E-state index in [1.807, 2.05) is 13.8 Å². The molecule has 0 saturated heterocycles. The molecule has 0 unspecified atom stereocenters. The van der Waals surface area contributed by atoms with Crippen molar-refractivity contribution in [2.24, 2.45) is 0 Å². The fraction of sp³-hybridized carbons (Fsp3) is 1.00. The molecule has 0 aliphatic rings. The van der Waals surface area contributed by atoms with Gasteiger partial charge in [-0.1, -0.05) is 19.8 Å². The summed E-state index contributed by atoms with van der Waals surface area (Å²) < 4.78 is 15.0. The number of hydrogen-bond donors (Lipinski definition) is 1. The first-order valence-corrected chi connectivity index (χ1v) is 6.67. The van der Waals surface area contributed by atoms with Crippen LogP contribution in [0.4, 0.5) is 0 Å². The molecule has 0 saturated carbocycles. The van der Waals surface area contributed by atoms with Crippen molar-refractivity contribution in [2.45, 2.75) is 40.0 Å². The summed E-state index contributed by atoms with van der Waals surface area (Å²) in [5.74, 6) is 0. The lowest BCUT2D eigenvalue weighted by molar-refractivity contribution is 0.0370. The molecule has 0 aliphatic carbocycles. The predicted octanol–water partition coefficient (Wildman–Crippen LogP) is 2.24. The summed E-state index contributed by atoms with van der Waals surface area (Å²) in [7, 11) is 0. The van der Waals surface area contributed by atoms with Gasteiger partial charge in [-0.2, -0.15) is 0 Å². The number of hydrogen-bond acceptors (Lipinski definition) is 4. The van der Waals surface area contributed by atoms with Gasteiger partial charge < -0.3 is 19.3 Å². The Morgan fingerprint density at radius 3 is 1.82 bits per heavy atom. The quantitative estimate of drug-likeness (QED) is 0.571. The van der Waals surface area contributed by atoms with Gasteiger partial charge in [0.1, 0.15) is 0 Å². The van der Waals surface area contributed by atoms with Crippen LogP contribution < -0.4 is 0 Å². The molecule has 0 aromatic heterocycles. The summed E-state index contributed by atoms with van der Waals surface area (Å²) in [6.07, 6.45) is 3.82. The van der Waals surface area contributed by atoms with Crippen molar-refractivity contribution < 1.29 is 19.3 Å². The van der Waals surface area contributed by atoms with Crippen molar-refractivity contribution in [3.8, 4) is 0 Å². The molecule has 0 amide bonds. The van der Waals surface area contributed by atoms with Gasteiger partial charge in [0.2, 0.25) is 0 Å². The molecule has 4 heteroatoms. The number of aliphatic hydroxyl groups excluding tert-OH is 1. The van der Waals surface area contributed by atoms with E-state index in [1.165, 1.54) is 19.3 Å². The SMILES string of the molecule is CCCCCOCC.CCOCCOCCO. The van der Waals surface area contributed by atoms with Gasteiger partial charge in [0.15, 0.2) is 0 Å². The van der Waals surface area contributed by atoms with Crippen molar-refractivity contribution in [3.63, 3.8) is 0 Å². The van der Waals surface area contributed by atoms with Crippen LogP contribution in [0.2, 0.25) is 0 Å². The summed E-state index contributed by atoms with van der Waals surface area (Å²) in [6.45, 7) is 10.4. The molecule has 4 nitrogen and oxygen atoms in total. The minimum absolute atomic E-state index is 0.0894. The smallest absolute Gasteiger partial charge is 0.0701 e. The average Bonchev–Trinajstić information content (AvgIpc) is 2.36. The van der Waals surface area contributed by atoms with E-state index in [1.54, 1.807) is 0 Å². The second kappa shape index (κ2) is 21.2. The molecule has 0 fully saturated rings. The van der Waals surface area contributed by atoms with Gasteiger partial charge in [-0.3, -0.25) is 0 Å². The fourth-order valence-corrected chi connectivity index (χ4v) is 1.03. The fourth-order valence-electron chi connectivity index (χ4n) is 1.03. The highest BCUT2D eigenvalue weighted by atomic mass is 16.5. The lowest BCUT2D eigenvalue weighted by Gasteiger charge is -2.00. The first-order valence-electron chi connectivity index (χ1n) is 6.67. The molecule has 0 aromatic carbocycles. The van der Waals surface area contributed by atoms with Crippen molar-refractivity contribution in [3.05, 3.63) is 0 Å². The summed E-state index contributed by atoms with van der Waals surface area (Å²) >= 11 is 0. The highest BCUT2D eigenvalue weighted by Crippen LogP contribution is 1.92. The van der Waals surface area contributed by atoms with E-state index >= 15 is 0 Å². The standard InChI is InChI=1S/C7H16O.C6H14O3/c1-3-5-6-7-8-4-2;1-2-8-5-6-9-4-3-7/h3-7H2,1-2H3;7H,2-6H2,1H3. The molecule has 0 rings (SSSR count). The first-order chi connectivity index (χ1) is 8.33. The van der Waals surface area contributed by atoms with Crippen LogP contribution >= 0.6 is 0 Å². The number of unbranched alkanes of at least 4 members (excludes halogenated alkanes) is 2. The molecule has 0 aliphatic heterocycles. The summed E-state index contributed by atoms with van der Waals surface area (Å²) in [6, 6.07) is 0. The molecule has 0 atom stereocenters. The van der Waals surface area contributed by atoms with Gasteiger partial charge in [0.25, 0.3) is 0 Å². The van der Waals surface area contributed by atoms with E-state index in [-0.39, 0.29) is 6.61 Å². The Morgan fingerprint density at radius 1 is 0.706 bits per heavy atom. The molecule has 0 radical (unpaired) electrons. The van der Waals surface area contributed by atoms with Gasteiger partial charge in [-0.05, 0) is 20.3 Å². The van der Waals surface area contributed by atoms with Crippen molar-refractivity contribution in [2.75, 3.05) is 46.2 Å². The zero-order chi connectivity index (χ0) is 13.2. The van der Waals surface area contributed by atoms with Crippen molar-refractivity contribution >= 4 is 0 Å². The van der Waals surface area contributed by atoms with Crippen LogP contribution in [0.15, 0.2) is 0 Å². The van der Waals surface area contributed by atoms with Crippen LogP contribution in [-0.2, 0) is 14.2 Å². The van der Waals surface area contributed by atoms with Gasteiger partial charge in [-0.15, -0.1) is 0 Å². The molecular formula is C13H30O4. The Labute approximate surface area is 106 Å². The van der Waals surface area contributed by atoms with Crippen molar-refractivity contribution in [1.82, 2.24) is 0 Å². The zero-order valence-electron chi connectivity index (χ0n) is 11.7. The summed E-state index contributed by atoms with van der Waals surface area (Å²) in [4.78, 5) is 0. The van der Waals surface area contributed by atoms with E-state index in [4.69, 9.17) is 19.3 Å². The molecule has 0 spiro atoms. The van der Waals surface area contributed by atoms with E-state index in [0.29, 0.717) is 19.8 Å². The largest absolute Gasteiger partial charge is 0.394 e. The topological polar surface area (TPSA) is 47.9 Å². The van der Waals surface area contributed by atoms with Crippen LogP contribution in [0, 0.1) is 0 Å². The third kappa shape index (κ3) is 25.8. The zero-order valence-corrected chi connectivity index (χ0v) is 11.7. The maximum Gasteiger partial charge on any atom is 0.0701 e.